The Hall–Kier alpha value is -2.69. The maximum atomic E-state index is 12.0. The van der Waals surface area contributed by atoms with Crippen LogP contribution in [0.15, 0.2) is 47.8 Å². The van der Waals surface area contributed by atoms with Crippen LogP contribution in [0.4, 0.5) is 5.69 Å². The van der Waals surface area contributed by atoms with Crippen LogP contribution >= 0.6 is 0 Å². The molecule has 0 aliphatic carbocycles. The highest BCUT2D eigenvalue weighted by molar-refractivity contribution is 5.94. The lowest BCUT2D eigenvalue weighted by Gasteiger charge is -2.50. The van der Waals surface area contributed by atoms with Crippen LogP contribution in [0.5, 0.6) is 0 Å². The van der Waals surface area contributed by atoms with E-state index < -0.39 is 0 Å². The lowest BCUT2D eigenvalue weighted by molar-refractivity contribution is 0.0955. The second-order valence-electron chi connectivity index (χ2n) is 8.14. The number of nitrogens with zero attached hydrogens (tertiary/aromatic N) is 3. The van der Waals surface area contributed by atoms with Gasteiger partial charge in [-0.1, -0.05) is 13.0 Å². The summed E-state index contributed by atoms with van der Waals surface area (Å²) < 4.78 is 0. The van der Waals surface area contributed by atoms with Gasteiger partial charge in [-0.15, -0.1) is 0 Å². The third-order valence-corrected chi connectivity index (χ3v) is 5.12. The van der Waals surface area contributed by atoms with Crippen LogP contribution < -0.4 is 10.3 Å². The molecule has 0 radical (unpaired) electrons. The molecule has 3 rings (SSSR count). The third kappa shape index (κ3) is 4.02. The molecule has 1 amide bonds. The molecule has 0 spiro atoms. The van der Waals surface area contributed by atoms with Gasteiger partial charge in [0, 0.05) is 29.7 Å². The molecule has 0 saturated heterocycles. The largest absolute Gasteiger partial charge is 0.364 e. The van der Waals surface area contributed by atoms with E-state index in [0.29, 0.717) is 17.5 Å². The number of aromatic nitrogens is 1. The van der Waals surface area contributed by atoms with Crippen LogP contribution in [0, 0.1) is 0 Å². The number of hydrazone groups is 1. The zero-order valence-electron chi connectivity index (χ0n) is 16.7. The molecule has 1 aromatic carbocycles. The van der Waals surface area contributed by atoms with Gasteiger partial charge < -0.3 is 4.90 Å². The molecule has 1 atom stereocenters. The van der Waals surface area contributed by atoms with E-state index in [9.17, 15) is 4.79 Å². The van der Waals surface area contributed by atoms with E-state index >= 15 is 0 Å². The molecule has 0 saturated carbocycles. The number of hydrogen-bond acceptors (Lipinski definition) is 4. The van der Waals surface area contributed by atoms with E-state index in [-0.39, 0.29) is 11.4 Å². The second kappa shape index (κ2) is 7.51. The summed E-state index contributed by atoms with van der Waals surface area (Å²) in [6, 6.07) is 10.3. The van der Waals surface area contributed by atoms with Gasteiger partial charge in [0.05, 0.1) is 11.8 Å². The molecule has 0 unspecified atom stereocenters. The number of anilines is 1. The molecule has 27 heavy (non-hydrogen) atoms. The summed E-state index contributed by atoms with van der Waals surface area (Å²) in [4.78, 5) is 18.5. The van der Waals surface area contributed by atoms with Crippen molar-refractivity contribution in [3.63, 3.8) is 0 Å². The quantitative estimate of drug-likeness (QED) is 0.648. The minimum absolute atomic E-state index is 0.133. The fourth-order valence-electron chi connectivity index (χ4n) is 4.26. The lowest BCUT2D eigenvalue weighted by Crippen LogP contribution is -2.51. The van der Waals surface area contributed by atoms with Crippen molar-refractivity contribution < 1.29 is 4.79 Å². The van der Waals surface area contributed by atoms with Crippen LogP contribution in [-0.2, 0) is 0 Å². The summed E-state index contributed by atoms with van der Waals surface area (Å²) in [6.07, 6.45) is 5.96. The van der Waals surface area contributed by atoms with Crippen molar-refractivity contribution >= 4 is 17.8 Å². The van der Waals surface area contributed by atoms with E-state index in [1.807, 2.05) is 0 Å². The van der Waals surface area contributed by atoms with E-state index in [4.69, 9.17) is 0 Å². The number of fused-ring (bicyclic) bond motifs is 1. The first-order chi connectivity index (χ1) is 12.8. The first-order valence-corrected chi connectivity index (χ1v) is 9.46. The van der Waals surface area contributed by atoms with Crippen molar-refractivity contribution in [2.45, 2.75) is 58.5 Å². The monoisotopic (exact) mass is 364 g/mol. The van der Waals surface area contributed by atoms with Gasteiger partial charge in [-0.3, -0.25) is 9.78 Å². The normalized spacial score (nSPS) is 18.6. The van der Waals surface area contributed by atoms with Crippen molar-refractivity contribution in [3.8, 4) is 0 Å². The van der Waals surface area contributed by atoms with Crippen LogP contribution in [0.25, 0.3) is 0 Å². The molecule has 5 nitrogen and oxygen atoms in total. The van der Waals surface area contributed by atoms with Crippen molar-refractivity contribution in [2.24, 2.45) is 5.10 Å². The summed E-state index contributed by atoms with van der Waals surface area (Å²) in [7, 11) is 0. The predicted molar refractivity (Wildman–Crippen MR) is 110 cm³/mol. The summed E-state index contributed by atoms with van der Waals surface area (Å²) in [6.45, 7) is 11.4. The number of nitrogens with one attached hydrogen (secondary N) is 1. The molecule has 1 aromatic heterocycles. The van der Waals surface area contributed by atoms with Gasteiger partial charge in [0.15, 0.2) is 0 Å². The number of hydrogen-bond donors (Lipinski definition) is 1. The number of benzene rings is 1. The maximum absolute atomic E-state index is 12.0. The molecule has 1 aliphatic rings. The molecule has 1 aliphatic heterocycles. The van der Waals surface area contributed by atoms with Gasteiger partial charge in [0.25, 0.3) is 5.91 Å². The second-order valence-corrected chi connectivity index (χ2v) is 8.14. The van der Waals surface area contributed by atoms with E-state index in [0.717, 1.165) is 12.0 Å². The highest BCUT2D eigenvalue weighted by Gasteiger charge is 2.37. The minimum atomic E-state index is -0.265. The van der Waals surface area contributed by atoms with E-state index in [1.54, 1.807) is 24.5 Å². The first-order valence-electron chi connectivity index (χ1n) is 9.46. The van der Waals surface area contributed by atoms with Gasteiger partial charge in [0.1, 0.15) is 0 Å². The van der Waals surface area contributed by atoms with Gasteiger partial charge in [0.2, 0.25) is 0 Å². The Morgan fingerprint density at radius 2 is 2.15 bits per heavy atom. The minimum Gasteiger partial charge on any atom is -0.364 e. The molecule has 1 N–H and O–H groups in total. The van der Waals surface area contributed by atoms with Crippen molar-refractivity contribution in [1.29, 1.82) is 0 Å². The maximum Gasteiger partial charge on any atom is 0.272 e. The Morgan fingerprint density at radius 3 is 2.81 bits per heavy atom. The molecule has 5 heteroatoms. The summed E-state index contributed by atoms with van der Waals surface area (Å²) >= 11 is 0. The number of rotatable bonds is 4. The van der Waals surface area contributed by atoms with Gasteiger partial charge in [-0.2, -0.15) is 5.10 Å². The Labute approximate surface area is 161 Å². The third-order valence-electron chi connectivity index (χ3n) is 5.12. The van der Waals surface area contributed by atoms with Gasteiger partial charge in [-0.05, 0) is 75.4 Å². The number of pyridine rings is 1. The Morgan fingerprint density at radius 1 is 1.37 bits per heavy atom. The van der Waals surface area contributed by atoms with Crippen molar-refractivity contribution in [3.05, 3.63) is 59.4 Å². The average Bonchev–Trinajstić information content (AvgIpc) is 2.61. The van der Waals surface area contributed by atoms with Crippen LogP contribution in [0.2, 0.25) is 0 Å². The summed E-state index contributed by atoms with van der Waals surface area (Å²) in [5, 5.41) is 4.11. The van der Waals surface area contributed by atoms with Gasteiger partial charge in [-0.25, -0.2) is 5.43 Å². The number of amides is 1. The zero-order valence-corrected chi connectivity index (χ0v) is 16.7. The van der Waals surface area contributed by atoms with Crippen LogP contribution in [0.3, 0.4) is 0 Å². The predicted octanol–water partition coefficient (Wildman–Crippen LogP) is 4.35. The fourth-order valence-corrected chi connectivity index (χ4v) is 4.26. The van der Waals surface area contributed by atoms with Gasteiger partial charge >= 0.3 is 0 Å². The number of carbonyl (C=O) groups is 1. The van der Waals surface area contributed by atoms with Crippen LogP contribution in [0.1, 0.15) is 68.4 Å². The standard InChI is InChI=1S/C22H28N4O/c1-15(2)26-20-9-8-17(11-19(20)16(3)12-22(26,4)5)13-24-25-21(27)18-7-6-10-23-14-18/h6-11,13-16H,12H2,1-5H3,(H,25,27)/b24-13-/t16-/m1/s1. The van der Waals surface area contributed by atoms with Crippen LogP contribution in [-0.4, -0.2) is 28.7 Å². The van der Waals surface area contributed by atoms with Crippen molar-refractivity contribution in [2.75, 3.05) is 4.90 Å². The zero-order chi connectivity index (χ0) is 19.6. The van der Waals surface area contributed by atoms with Crippen molar-refractivity contribution in [1.82, 2.24) is 10.4 Å². The fraction of sp³-hybridized carbons (Fsp3) is 0.409. The Kier molecular flexibility index (Phi) is 5.31. The summed E-state index contributed by atoms with van der Waals surface area (Å²) in [5.74, 6) is 0.210. The van der Waals surface area contributed by atoms with E-state index in [1.165, 1.54) is 17.4 Å². The smallest absolute Gasteiger partial charge is 0.272 e. The summed E-state index contributed by atoms with van der Waals surface area (Å²) in [5.41, 5.74) is 6.80. The molecule has 0 bridgehead atoms. The molecular weight excluding hydrogens is 336 g/mol. The SMILES string of the molecule is CC(C)N1c2ccc(/C=N\NC(=O)c3cccnc3)cc2[C@H](C)CC1(C)C. The molecule has 2 heterocycles. The first kappa shape index (κ1) is 19.1. The molecule has 142 valence electrons. The topological polar surface area (TPSA) is 57.6 Å². The Bertz CT molecular complexity index is 843. The average molecular weight is 364 g/mol. The lowest BCUT2D eigenvalue weighted by atomic mass is 9.79. The molecule has 2 aromatic rings. The Balaban J connectivity index is 1.80. The number of carbonyl (C=O) groups excluding carboxylic acids is 1. The highest BCUT2D eigenvalue weighted by atomic mass is 16.2. The molecular formula is C22H28N4O. The molecule has 0 fully saturated rings. The highest BCUT2D eigenvalue weighted by Crippen LogP contribution is 2.44. The van der Waals surface area contributed by atoms with E-state index in [2.05, 4.69) is 73.2 Å².